The molecule has 0 saturated heterocycles. The summed E-state index contributed by atoms with van der Waals surface area (Å²) in [6, 6.07) is 6.82. The topological polar surface area (TPSA) is 9.23 Å². The highest BCUT2D eigenvalue weighted by molar-refractivity contribution is 5.36. The van der Waals surface area contributed by atoms with Gasteiger partial charge in [0, 0.05) is 7.11 Å². The minimum Gasteiger partial charge on any atom is -0.381 e. The van der Waals surface area contributed by atoms with Crippen LogP contribution in [0.3, 0.4) is 0 Å². The third-order valence-corrected chi connectivity index (χ3v) is 2.91. The monoisotopic (exact) mass is 176 g/mol. The first-order valence-electron chi connectivity index (χ1n) is 4.97. The molecule has 0 N–H and O–H groups in total. The fourth-order valence-electron chi connectivity index (χ4n) is 2.02. The molecule has 1 nitrogen and oxygen atoms in total. The van der Waals surface area contributed by atoms with E-state index in [1.54, 1.807) is 7.11 Å². The lowest BCUT2D eigenvalue weighted by Crippen LogP contribution is -2.08. The fourth-order valence-corrected chi connectivity index (χ4v) is 2.02. The van der Waals surface area contributed by atoms with E-state index in [0.717, 1.165) is 19.3 Å². The SMILES string of the molecule is CCc1ccc2c(c1)CC(OC)C2. The summed E-state index contributed by atoms with van der Waals surface area (Å²) < 4.78 is 5.37. The van der Waals surface area contributed by atoms with Crippen LogP contribution in [0.4, 0.5) is 0 Å². The van der Waals surface area contributed by atoms with E-state index in [4.69, 9.17) is 4.74 Å². The molecule has 1 aromatic carbocycles. The van der Waals surface area contributed by atoms with Crippen LogP contribution in [0.2, 0.25) is 0 Å². The van der Waals surface area contributed by atoms with Crippen molar-refractivity contribution in [2.24, 2.45) is 0 Å². The molecule has 1 aliphatic rings. The molecule has 0 fully saturated rings. The van der Waals surface area contributed by atoms with Gasteiger partial charge in [-0.1, -0.05) is 25.1 Å². The second kappa shape index (κ2) is 3.51. The zero-order chi connectivity index (χ0) is 9.26. The molecule has 1 atom stereocenters. The number of benzene rings is 1. The van der Waals surface area contributed by atoms with Gasteiger partial charge in [-0.15, -0.1) is 0 Å². The molecule has 1 unspecified atom stereocenters. The number of hydrogen-bond donors (Lipinski definition) is 0. The van der Waals surface area contributed by atoms with E-state index in [1.807, 2.05) is 0 Å². The van der Waals surface area contributed by atoms with Gasteiger partial charge in [0.25, 0.3) is 0 Å². The lowest BCUT2D eigenvalue weighted by molar-refractivity contribution is 0.112. The summed E-state index contributed by atoms with van der Waals surface area (Å²) in [5, 5.41) is 0. The Morgan fingerprint density at radius 2 is 2.08 bits per heavy atom. The first-order valence-corrected chi connectivity index (χ1v) is 4.97. The molecular formula is C12H16O. The molecule has 13 heavy (non-hydrogen) atoms. The van der Waals surface area contributed by atoms with Crippen molar-refractivity contribution in [1.29, 1.82) is 0 Å². The van der Waals surface area contributed by atoms with Crippen LogP contribution >= 0.6 is 0 Å². The lowest BCUT2D eigenvalue weighted by atomic mass is 10.1. The van der Waals surface area contributed by atoms with Crippen LogP contribution in [0.5, 0.6) is 0 Å². The third kappa shape index (κ3) is 1.61. The van der Waals surface area contributed by atoms with Gasteiger partial charge in [0.15, 0.2) is 0 Å². The average Bonchev–Trinajstić information content (AvgIpc) is 2.58. The molecule has 0 aromatic heterocycles. The fraction of sp³-hybridized carbons (Fsp3) is 0.500. The molecule has 1 heteroatoms. The highest BCUT2D eigenvalue weighted by Gasteiger charge is 2.20. The van der Waals surface area contributed by atoms with Crippen molar-refractivity contribution >= 4 is 0 Å². The van der Waals surface area contributed by atoms with E-state index >= 15 is 0 Å². The van der Waals surface area contributed by atoms with E-state index in [1.165, 1.54) is 16.7 Å². The quantitative estimate of drug-likeness (QED) is 0.672. The summed E-state index contributed by atoms with van der Waals surface area (Å²) in [7, 11) is 1.80. The Bertz CT molecular complexity index is 304. The van der Waals surface area contributed by atoms with E-state index in [0.29, 0.717) is 6.10 Å². The maximum absolute atomic E-state index is 5.37. The Labute approximate surface area is 79.7 Å². The zero-order valence-corrected chi connectivity index (χ0v) is 8.34. The van der Waals surface area contributed by atoms with Gasteiger partial charge in [-0.2, -0.15) is 0 Å². The van der Waals surface area contributed by atoms with Crippen LogP contribution in [0.1, 0.15) is 23.6 Å². The number of aryl methyl sites for hydroxylation is 1. The van der Waals surface area contributed by atoms with Crippen molar-refractivity contribution in [3.8, 4) is 0 Å². The molecule has 0 bridgehead atoms. The molecule has 0 heterocycles. The summed E-state index contributed by atoms with van der Waals surface area (Å²) >= 11 is 0. The predicted molar refractivity (Wildman–Crippen MR) is 54.0 cm³/mol. The van der Waals surface area contributed by atoms with Crippen molar-refractivity contribution < 1.29 is 4.74 Å². The Hall–Kier alpha value is -0.820. The summed E-state index contributed by atoms with van der Waals surface area (Å²) in [5.74, 6) is 0. The van der Waals surface area contributed by atoms with Crippen molar-refractivity contribution in [2.75, 3.05) is 7.11 Å². The van der Waals surface area contributed by atoms with E-state index in [2.05, 4.69) is 25.1 Å². The van der Waals surface area contributed by atoms with E-state index < -0.39 is 0 Å². The minimum absolute atomic E-state index is 0.419. The van der Waals surface area contributed by atoms with Crippen LogP contribution in [-0.2, 0) is 24.0 Å². The number of fused-ring (bicyclic) bond motifs is 1. The maximum atomic E-state index is 5.37. The second-order valence-corrected chi connectivity index (χ2v) is 3.72. The minimum atomic E-state index is 0.419. The predicted octanol–water partition coefficient (Wildman–Crippen LogP) is 2.36. The van der Waals surface area contributed by atoms with Gasteiger partial charge in [0.1, 0.15) is 0 Å². The van der Waals surface area contributed by atoms with Crippen molar-refractivity contribution in [2.45, 2.75) is 32.3 Å². The number of rotatable bonds is 2. The molecular weight excluding hydrogens is 160 g/mol. The Kier molecular flexibility index (Phi) is 2.36. The molecule has 70 valence electrons. The van der Waals surface area contributed by atoms with Crippen LogP contribution in [0.15, 0.2) is 18.2 Å². The first-order chi connectivity index (χ1) is 6.33. The highest BCUT2D eigenvalue weighted by Crippen LogP contribution is 2.24. The van der Waals surface area contributed by atoms with E-state index in [-0.39, 0.29) is 0 Å². The average molecular weight is 176 g/mol. The Balaban J connectivity index is 2.25. The largest absolute Gasteiger partial charge is 0.381 e. The smallest absolute Gasteiger partial charge is 0.0652 e. The van der Waals surface area contributed by atoms with Crippen LogP contribution < -0.4 is 0 Å². The third-order valence-electron chi connectivity index (χ3n) is 2.91. The molecule has 0 amide bonds. The number of methoxy groups -OCH3 is 1. The van der Waals surface area contributed by atoms with Crippen molar-refractivity contribution in [3.63, 3.8) is 0 Å². The second-order valence-electron chi connectivity index (χ2n) is 3.72. The molecule has 0 spiro atoms. The highest BCUT2D eigenvalue weighted by atomic mass is 16.5. The summed E-state index contributed by atoms with van der Waals surface area (Å²) in [5.41, 5.74) is 4.41. The summed E-state index contributed by atoms with van der Waals surface area (Å²) in [4.78, 5) is 0. The molecule has 0 radical (unpaired) electrons. The van der Waals surface area contributed by atoms with Gasteiger partial charge in [0.05, 0.1) is 6.10 Å². The van der Waals surface area contributed by atoms with Gasteiger partial charge < -0.3 is 4.74 Å². The Morgan fingerprint density at radius 1 is 1.31 bits per heavy atom. The maximum Gasteiger partial charge on any atom is 0.0652 e. The Morgan fingerprint density at radius 3 is 2.77 bits per heavy atom. The summed E-state index contributed by atoms with van der Waals surface area (Å²) in [6.45, 7) is 2.20. The molecule has 0 aliphatic heterocycles. The van der Waals surface area contributed by atoms with Crippen LogP contribution in [-0.4, -0.2) is 13.2 Å². The van der Waals surface area contributed by atoms with Gasteiger partial charge >= 0.3 is 0 Å². The van der Waals surface area contributed by atoms with Gasteiger partial charge in [-0.05, 0) is 36.0 Å². The zero-order valence-electron chi connectivity index (χ0n) is 8.34. The van der Waals surface area contributed by atoms with E-state index in [9.17, 15) is 0 Å². The summed E-state index contributed by atoms with van der Waals surface area (Å²) in [6.07, 6.45) is 3.74. The lowest BCUT2D eigenvalue weighted by Gasteiger charge is -2.03. The van der Waals surface area contributed by atoms with Crippen LogP contribution in [0, 0.1) is 0 Å². The number of ether oxygens (including phenoxy) is 1. The van der Waals surface area contributed by atoms with Gasteiger partial charge in [-0.25, -0.2) is 0 Å². The first kappa shape index (κ1) is 8.76. The molecule has 2 rings (SSSR count). The number of hydrogen-bond acceptors (Lipinski definition) is 1. The van der Waals surface area contributed by atoms with Crippen LogP contribution in [0.25, 0.3) is 0 Å². The standard InChI is InChI=1S/C12H16O/c1-3-9-4-5-10-7-12(13-2)8-11(10)6-9/h4-6,12H,3,7-8H2,1-2H3. The molecule has 1 aliphatic carbocycles. The molecule has 0 saturated carbocycles. The molecule has 1 aromatic rings. The van der Waals surface area contributed by atoms with Crippen molar-refractivity contribution in [1.82, 2.24) is 0 Å². The van der Waals surface area contributed by atoms with Gasteiger partial charge in [0.2, 0.25) is 0 Å². The van der Waals surface area contributed by atoms with Gasteiger partial charge in [-0.3, -0.25) is 0 Å². The normalized spacial score (nSPS) is 20.3. The van der Waals surface area contributed by atoms with Crippen molar-refractivity contribution in [3.05, 3.63) is 34.9 Å².